The number of hydrogen-bond acceptors (Lipinski definition) is 5. The minimum atomic E-state index is -0.391. The van der Waals surface area contributed by atoms with Crippen molar-refractivity contribution in [3.05, 3.63) is 70.3 Å². The topological polar surface area (TPSA) is 61.2 Å². The summed E-state index contributed by atoms with van der Waals surface area (Å²) in [6, 6.07) is 12.3. The van der Waals surface area contributed by atoms with Crippen molar-refractivity contribution in [2.75, 3.05) is 19.5 Å². The quantitative estimate of drug-likeness (QED) is 0.352. The Bertz CT molecular complexity index is 1020. The van der Waals surface area contributed by atoms with Crippen molar-refractivity contribution in [2.24, 2.45) is 0 Å². The molecular weight excluding hydrogens is 367 g/mol. The number of aromatic nitrogens is 2. The Hall–Kier alpha value is -2.51. The first kappa shape index (κ1) is 19.3. The summed E-state index contributed by atoms with van der Waals surface area (Å²) in [6.45, 7) is 2.21. The molecule has 1 aromatic heterocycles. The van der Waals surface area contributed by atoms with Crippen LogP contribution in [0.15, 0.2) is 58.5 Å². The van der Waals surface area contributed by atoms with Crippen LogP contribution in [0, 0.1) is 5.82 Å². The predicted octanol–water partition coefficient (Wildman–Crippen LogP) is 3.72. The molecule has 0 aliphatic carbocycles. The Morgan fingerprint density at radius 3 is 2.63 bits per heavy atom. The first-order valence-electron chi connectivity index (χ1n) is 8.43. The maximum Gasteiger partial charge on any atom is 0.262 e. The average Bonchev–Trinajstić information content (AvgIpc) is 2.67. The molecule has 140 valence electrons. The number of carbonyl (C=O) groups is 1. The summed E-state index contributed by atoms with van der Waals surface area (Å²) in [6.07, 6.45) is 0. The van der Waals surface area contributed by atoms with Crippen molar-refractivity contribution in [1.82, 2.24) is 9.55 Å². The van der Waals surface area contributed by atoms with Crippen LogP contribution in [0.25, 0.3) is 10.9 Å². The van der Waals surface area contributed by atoms with Gasteiger partial charge in [-0.15, -0.1) is 0 Å². The number of halogens is 1. The monoisotopic (exact) mass is 386 g/mol. The summed E-state index contributed by atoms with van der Waals surface area (Å²) in [5.41, 5.74) is 0.838. The fourth-order valence-corrected chi connectivity index (χ4v) is 3.77. The number of benzene rings is 2. The molecule has 0 saturated carbocycles. The summed E-state index contributed by atoms with van der Waals surface area (Å²) in [4.78, 5) is 29.9. The lowest BCUT2D eigenvalue weighted by Gasteiger charge is -2.18. The molecule has 2 aromatic carbocycles. The molecule has 1 heterocycles. The molecule has 0 fully saturated rings. The number of methoxy groups -OCH3 is 1. The van der Waals surface area contributed by atoms with E-state index in [1.807, 2.05) is 13.0 Å². The molecule has 27 heavy (non-hydrogen) atoms. The lowest BCUT2D eigenvalue weighted by Crippen LogP contribution is -2.28. The Labute approximate surface area is 160 Å². The Balaban J connectivity index is 1.94. The van der Waals surface area contributed by atoms with Crippen LogP contribution in [0.1, 0.15) is 23.3 Å². The van der Waals surface area contributed by atoms with E-state index < -0.39 is 5.82 Å². The van der Waals surface area contributed by atoms with Gasteiger partial charge in [0.2, 0.25) is 0 Å². The van der Waals surface area contributed by atoms with Crippen LogP contribution >= 0.6 is 11.8 Å². The zero-order chi connectivity index (χ0) is 19.4. The second-order valence-electron chi connectivity index (χ2n) is 6.11. The number of nitrogens with zero attached hydrogens (tertiary/aromatic N) is 2. The van der Waals surface area contributed by atoms with Crippen LogP contribution < -0.4 is 5.56 Å². The molecular formula is C20H19FN2O3S. The molecule has 7 heteroatoms. The number of carbonyl (C=O) groups excluding carboxylic acids is 1. The summed E-state index contributed by atoms with van der Waals surface area (Å²) in [5.74, 6) is -0.457. The lowest BCUT2D eigenvalue weighted by molar-refractivity contribution is 0.102. The summed E-state index contributed by atoms with van der Waals surface area (Å²) < 4.78 is 19.8. The SMILES string of the molecule is COC[C@@H](C)n1c(SCC(=O)c2ccc(F)cc2)nc2ccccc2c1=O. The number of ketones is 1. The number of fused-ring (bicyclic) bond motifs is 1. The fraction of sp³-hybridized carbons (Fsp3) is 0.250. The molecule has 1 atom stereocenters. The highest BCUT2D eigenvalue weighted by Gasteiger charge is 2.18. The summed E-state index contributed by atoms with van der Waals surface area (Å²) in [7, 11) is 1.57. The van der Waals surface area contributed by atoms with Gasteiger partial charge in [-0.3, -0.25) is 14.2 Å². The maximum absolute atomic E-state index is 13.0. The molecule has 0 N–H and O–H groups in total. The predicted molar refractivity (Wildman–Crippen MR) is 104 cm³/mol. The molecule has 0 radical (unpaired) electrons. The zero-order valence-corrected chi connectivity index (χ0v) is 15.8. The molecule has 0 spiro atoms. The number of thioether (sulfide) groups is 1. The van der Waals surface area contributed by atoms with E-state index in [4.69, 9.17) is 4.74 Å². The van der Waals surface area contributed by atoms with Crippen molar-refractivity contribution in [1.29, 1.82) is 0 Å². The highest BCUT2D eigenvalue weighted by molar-refractivity contribution is 7.99. The highest BCUT2D eigenvalue weighted by Crippen LogP contribution is 2.22. The summed E-state index contributed by atoms with van der Waals surface area (Å²) >= 11 is 1.19. The van der Waals surface area contributed by atoms with Crippen molar-refractivity contribution in [3.8, 4) is 0 Å². The molecule has 5 nitrogen and oxygen atoms in total. The first-order valence-corrected chi connectivity index (χ1v) is 9.41. The van der Waals surface area contributed by atoms with Crippen LogP contribution in [0.4, 0.5) is 4.39 Å². The van der Waals surface area contributed by atoms with Gasteiger partial charge in [0.25, 0.3) is 5.56 Å². The van der Waals surface area contributed by atoms with Crippen molar-refractivity contribution < 1.29 is 13.9 Å². The molecule has 0 unspecified atom stereocenters. The van der Waals surface area contributed by atoms with Crippen LogP contribution in [0.3, 0.4) is 0 Å². The van der Waals surface area contributed by atoms with E-state index in [9.17, 15) is 14.0 Å². The Kier molecular flexibility index (Phi) is 6.03. The second kappa shape index (κ2) is 8.45. The van der Waals surface area contributed by atoms with E-state index in [1.54, 1.807) is 29.9 Å². The molecule has 0 aliphatic rings. The van der Waals surface area contributed by atoms with Gasteiger partial charge in [0, 0.05) is 12.7 Å². The molecule has 0 saturated heterocycles. The van der Waals surface area contributed by atoms with Crippen LogP contribution in [0.2, 0.25) is 0 Å². The van der Waals surface area contributed by atoms with Gasteiger partial charge in [-0.1, -0.05) is 23.9 Å². The van der Waals surface area contributed by atoms with E-state index in [0.29, 0.717) is 28.2 Å². The third-order valence-electron chi connectivity index (χ3n) is 4.12. The third-order valence-corrected chi connectivity index (χ3v) is 5.08. The number of rotatable bonds is 7. The maximum atomic E-state index is 13.0. The molecule has 0 bridgehead atoms. The minimum Gasteiger partial charge on any atom is -0.383 e. The van der Waals surface area contributed by atoms with Gasteiger partial charge < -0.3 is 4.74 Å². The zero-order valence-electron chi connectivity index (χ0n) is 15.0. The van der Waals surface area contributed by atoms with Gasteiger partial charge in [0.05, 0.1) is 29.3 Å². The van der Waals surface area contributed by atoms with E-state index in [2.05, 4.69) is 4.98 Å². The first-order chi connectivity index (χ1) is 13.0. The highest BCUT2D eigenvalue weighted by atomic mass is 32.2. The number of ether oxygens (including phenoxy) is 1. The van der Waals surface area contributed by atoms with Crippen LogP contribution in [-0.4, -0.2) is 34.8 Å². The van der Waals surface area contributed by atoms with E-state index in [-0.39, 0.29) is 23.1 Å². The smallest absolute Gasteiger partial charge is 0.262 e. The standard InChI is InChI=1S/C20H19FN2O3S/c1-13(11-26-2)23-19(25)16-5-3-4-6-17(16)22-20(23)27-12-18(24)14-7-9-15(21)10-8-14/h3-10,13H,11-12H2,1-2H3/t13-/m1/s1. The molecule has 3 aromatic rings. The third kappa shape index (κ3) is 4.26. The van der Waals surface area contributed by atoms with Gasteiger partial charge in [-0.25, -0.2) is 9.37 Å². The molecule has 0 aliphatic heterocycles. The van der Waals surface area contributed by atoms with Gasteiger partial charge in [-0.2, -0.15) is 0 Å². The van der Waals surface area contributed by atoms with Crippen molar-refractivity contribution in [3.63, 3.8) is 0 Å². The van der Waals surface area contributed by atoms with Crippen LogP contribution in [-0.2, 0) is 4.74 Å². The second-order valence-corrected chi connectivity index (χ2v) is 7.05. The van der Waals surface area contributed by atoms with Crippen molar-refractivity contribution >= 4 is 28.4 Å². The lowest BCUT2D eigenvalue weighted by atomic mass is 10.1. The van der Waals surface area contributed by atoms with E-state index in [1.165, 1.54) is 36.0 Å². The normalized spacial score (nSPS) is 12.3. The van der Waals surface area contributed by atoms with Crippen molar-refractivity contribution in [2.45, 2.75) is 18.1 Å². The minimum absolute atomic E-state index is 0.0934. The summed E-state index contributed by atoms with van der Waals surface area (Å²) in [5, 5.41) is 0.980. The largest absolute Gasteiger partial charge is 0.383 e. The van der Waals surface area contributed by atoms with E-state index in [0.717, 1.165) is 0 Å². The number of hydrogen-bond donors (Lipinski definition) is 0. The van der Waals surface area contributed by atoms with Crippen LogP contribution in [0.5, 0.6) is 0 Å². The molecule has 0 amide bonds. The average molecular weight is 386 g/mol. The van der Waals surface area contributed by atoms with Gasteiger partial charge in [-0.05, 0) is 43.3 Å². The number of para-hydroxylation sites is 1. The molecule has 3 rings (SSSR count). The number of Topliss-reactive ketones (excluding diaryl/α,β-unsaturated/α-hetero) is 1. The Morgan fingerprint density at radius 2 is 1.93 bits per heavy atom. The van der Waals surface area contributed by atoms with Gasteiger partial charge >= 0.3 is 0 Å². The van der Waals surface area contributed by atoms with E-state index >= 15 is 0 Å². The van der Waals surface area contributed by atoms with Gasteiger partial charge in [0.1, 0.15) is 5.82 Å². The van der Waals surface area contributed by atoms with Gasteiger partial charge in [0.15, 0.2) is 10.9 Å². The fourth-order valence-electron chi connectivity index (χ4n) is 2.78. The Morgan fingerprint density at radius 1 is 1.22 bits per heavy atom.